The zero-order valence-corrected chi connectivity index (χ0v) is 16.9. The largest absolute Gasteiger partial charge is 0.506 e. The first kappa shape index (κ1) is 20.3. The molecule has 1 fully saturated rings. The number of aromatic nitrogens is 3. The number of aromatic carboxylic acids is 1. The van der Waals surface area contributed by atoms with E-state index in [1.807, 2.05) is 24.0 Å². The van der Waals surface area contributed by atoms with E-state index in [4.69, 9.17) is 5.11 Å². The molecule has 3 heterocycles. The lowest BCUT2D eigenvalue weighted by Gasteiger charge is -2.35. The molecule has 0 aliphatic carbocycles. The van der Waals surface area contributed by atoms with Gasteiger partial charge in [0.2, 0.25) is 0 Å². The smallest absolute Gasteiger partial charge is 0.356 e. The van der Waals surface area contributed by atoms with Crippen LogP contribution in [0.1, 0.15) is 26.4 Å². The highest BCUT2D eigenvalue weighted by atomic mass is 16.4. The first-order chi connectivity index (χ1) is 14.9. The van der Waals surface area contributed by atoms with Crippen molar-refractivity contribution >= 4 is 17.7 Å². The number of benzene rings is 1. The van der Waals surface area contributed by atoms with Gasteiger partial charge >= 0.3 is 5.97 Å². The van der Waals surface area contributed by atoms with Gasteiger partial charge in [-0.3, -0.25) is 9.78 Å². The number of piperazine rings is 1. The number of carboxylic acids is 1. The Hall–Kier alpha value is -4.01. The van der Waals surface area contributed by atoms with Crippen LogP contribution in [0.25, 0.3) is 11.1 Å². The van der Waals surface area contributed by atoms with Crippen molar-refractivity contribution in [3.63, 3.8) is 0 Å². The summed E-state index contributed by atoms with van der Waals surface area (Å²) < 4.78 is 0. The summed E-state index contributed by atoms with van der Waals surface area (Å²) in [6, 6.07) is 10.2. The van der Waals surface area contributed by atoms with Crippen molar-refractivity contribution in [1.29, 1.82) is 0 Å². The number of aromatic hydroxyl groups is 1. The second-order valence-electron chi connectivity index (χ2n) is 7.32. The topological polar surface area (TPSA) is 120 Å². The Bertz CT molecular complexity index is 1130. The molecule has 0 atom stereocenters. The number of hydrogen-bond acceptors (Lipinski definition) is 7. The van der Waals surface area contributed by atoms with Gasteiger partial charge in [-0.15, -0.1) is 10.2 Å². The molecule has 158 valence electrons. The average Bonchev–Trinajstić information content (AvgIpc) is 2.78. The Labute approximate surface area is 178 Å². The van der Waals surface area contributed by atoms with Gasteiger partial charge in [-0.2, -0.15) is 0 Å². The summed E-state index contributed by atoms with van der Waals surface area (Å²) in [5.74, 6) is -0.471. The SMILES string of the molecule is Cc1cc(C(=O)N2CCN(c3ccc(C(=O)O)nn3)CC2)ccc1-c1cncc(O)c1. The molecule has 0 spiro atoms. The Morgan fingerprint density at radius 2 is 1.74 bits per heavy atom. The van der Waals surface area contributed by atoms with Crippen LogP contribution in [0.4, 0.5) is 5.82 Å². The zero-order chi connectivity index (χ0) is 22.0. The molecule has 1 aliphatic heterocycles. The molecule has 31 heavy (non-hydrogen) atoms. The maximum Gasteiger partial charge on any atom is 0.356 e. The van der Waals surface area contributed by atoms with Gasteiger partial charge in [0.15, 0.2) is 11.5 Å². The summed E-state index contributed by atoms with van der Waals surface area (Å²) >= 11 is 0. The Kier molecular flexibility index (Phi) is 5.48. The van der Waals surface area contributed by atoms with Gasteiger partial charge in [-0.1, -0.05) is 6.07 Å². The Morgan fingerprint density at radius 3 is 2.35 bits per heavy atom. The fourth-order valence-electron chi connectivity index (χ4n) is 3.62. The second-order valence-corrected chi connectivity index (χ2v) is 7.32. The molecule has 3 aromatic rings. The highest BCUT2D eigenvalue weighted by Gasteiger charge is 2.23. The van der Waals surface area contributed by atoms with Crippen molar-refractivity contribution in [2.24, 2.45) is 0 Å². The molecule has 0 saturated carbocycles. The molecule has 9 heteroatoms. The van der Waals surface area contributed by atoms with Crippen LogP contribution in [0, 0.1) is 6.92 Å². The summed E-state index contributed by atoms with van der Waals surface area (Å²) in [6.45, 7) is 4.14. The molecule has 1 saturated heterocycles. The van der Waals surface area contributed by atoms with E-state index in [-0.39, 0.29) is 17.4 Å². The lowest BCUT2D eigenvalue weighted by molar-refractivity contribution is 0.0687. The zero-order valence-electron chi connectivity index (χ0n) is 16.9. The lowest BCUT2D eigenvalue weighted by Crippen LogP contribution is -2.49. The molecule has 2 aromatic heterocycles. The van der Waals surface area contributed by atoms with Crippen LogP contribution >= 0.6 is 0 Å². The van der Waals surface area contributed by atoms with E-state index >= 15 is 0 Å². The Balaban J connectivity index is 1.42. The maximum absolute atomic E-state index is 13.0. The fraction of sp³-hybridized carbons (Fsp3) is 0.227. The quantitative estimate of drug-likeness (QED) is 0.661. The van der Waals surface area contributed by atoms with Crippen LogP contribution in [-0.4, -0.2) is 68.3 Å². The molecule has 9 nitrogen and oxygen atoms in total. The molecule has 0 bridgehead atoms. The summed E-state index contributed by atoms with van der Waals surface area (Å²) in [6.07, 6.45) is 3.05. The van der Waals surface area contributed by atoms with Crippen LogP contribution in [0.3, 0.4) is 0 Å². The number of hydrogen-bond donors (Lipinski definition) is 2. The van der Waals surface area contributed by atoms with Crippen molar-refractivity contribution in [2.45, 2.75) is 6.92 Å². The number of amides is 1. The van der Waals surface area contributed by atoms with Crippen LogP contribution in [0.5, 0.6) is 5.75 Å². The van der Waals surface area contributed by atoms with Gasteiger partial charge in [0, 0.05) is 43.5 Å². The van der Waals surface area contributed by atoms with Gasteiger partial charge in [0.1, 0.15) is 5.75 Å². The Morgan fingerprint density at radius 1 is 0.968 bits per heavy atom. The van der Waals surface area contributed by atoms with Crippen LogP contribution in [0.2, 0.25) is 0 Å². The minimum absolute atomic E-state index is 0.0457. The van der Waals surface area contributed by atoms with E-state index in [1.54, 1.807) is 29.3 Å². The summed E-state index contributed by atoms with van der Waals surface area (Å²) in [5, 5.41) is 26.3. The summed E-state index contributed by atoms with van der Waals surface area (Å²) in [7, 11) is 0. The molecular formula is C22H21N5O4. The number of nitrogens with zero attached hydrogens (tertiary/aromatic N) is 5. The molecule has 1 aromatic carbocycles. The lowest BCUT2D eigenvalue weighted by atomic mass is 9.99. The fourth-order valence-corrected chi connectivity index (χ4v) is 3.62. The van der Waals surface area contributed by atoms with Crippen LogP contribution < -0.4 is 4.90 Å². The van der Waals surface area contributed by atoms with Crippen LogP contribution in [0.15, 0.2) is 48.8 Å². The molecule has 2 N–H and O–H groups in total. The van der Waals surface area contributed by atoms with Crippen molar-refractivity contribution in [2.75, 3.05) is 31.1 Å². The molecule has 1 amide bonds. The highest BCUT2D eigenvalue weighted by molar-refractivity contribution is 5.95. The third-order valence-corrected chi connectivity index (χ3v) is 5.27. The summed E-state index contributed by atoms with van der Waals surface area (Å²) in [5.41, 5.74) is 3.13. The molecule has 4 rings (SSSR count). The second kappa shape index (κ2) is 8.39. The van der Waals surface area contributed by atoms with Crippen molar-refractivity contribution in [1.82, 2.24) is 20.1 Å². The van der Waals surface area contributed by atoms with Gasteiger partial charge in [-0.25, -0.2) is 4.79 Å². The first-order valence-corrected chi connectivity index (χ1v) is 9.78. The monoisotopic (exact) mass is 419 g/mol. The van der Waals surface area contributed by atoms with E-state index in [2.05, 4.69) is 15.2 Å². The third-order valence-electron chi connectivity index (χ3n) is 5.27. The van der Waals surface area contributed by atoms with E-state index in [9.17, 15) is 14.7 Å². The van der Waals surface area contributed by atoms with Crippen LogP contribution in [-0.2, 0) is 0 Å². The number of anilines is 1. The third kappa shape index (κ3) is 4.30. The summed E-state index contributed by atoms with van der Waals surface area (Å²) in [4.78, 5) is 31.7. The van der Waals surface area contributed by atoms with Gasteiger partial charge in [-0.05, 0) is 48.4 Å². The standard InChI is InChI=1S/C22H21N5O4/c1-14-10-15(2-3-18(14)16-11-17(28)13-23-12-16)21(29)27-8-6-26(7-9-27)20-5-4-19(22(30)31)24-25-20/h2-5,10-13,28H,6-9H2,1H3,(H,30,31). The molecule has 0 radical (unpaired) electrons. The number of rotatable bonds is 4. The maximum atomic E-state index is 13.0. The number of carboxylic acid groups (broad SMARTS) is 1. The van der Waals surface area contributed by atoms with Gasteiger partial charge in [0.05, 0.1) is 6.20 Å². The van der Waals surface area contributed by atoms with E-state index in [0.717, 1.165) is 16.7 Å². The first-order valence-electron chi connectivity index (χ1n) is 9.78. The van der Waals surface area contributed by atoms with E-state index in [1.165, 1.54) is 12.3 Å². The van der Waals surface area contributed by atoms with Crippen molar-refractivity contribution in [3.8, 4) is 16.9 Å². The normalized spacial score (nSPS) is 13.8. The number of pyridine rings is 1. The number of carbonyl (C=O) groups excluding carboxylic acids is 1. The predicted molar refractivity (Wildman–Crippen MR) is 113 cm³/mol. The van der Waals surface area contributed by atoms with E-state index < -0.39 is 5.97 Å². The minimum Gasteiger partial charge on any atom is -0.506 e. The molecular weight excluding hydrogens is 398 g/mol. The van der Waals surface area contributed by atoms with Crippen molar-refractivity contribution < 1.29 is 19.8 Å². The predicted octanol–water partition coefficient (Wildman–Crippen LogP) is 2.21. The van der Waals surface area contributed by atoms with Gasteiger partial charge < -0.3 is 20.0 Å². The molecule has 0 unspecified atom stereocenters. The minimum atomic E-state index is -1.11. The van der Waals surface area contributed by atoms with Crippen molar-refractivity contribution in [3.05, 3.63) is 65.6 Å². The van der Waals surface area contributed by atoms with E-state index in [0.29, 0.717) is 37.6 Å². The number of aryl methyl sites for hydroxylation is 1. The highest BCUT2D eigenvalue weighted by Crippen LogP contribution is 2.26. The number of carbonyl (C=O) groups is 2. The average molecular weight is 419 g/mol. The van der Waals surface area contributed by atoms with Gasteiger partial charge in [0.25, 0.3) is 5.91 Å². The molecule has 1 aliphatic rings.